The van der Waals surface area contributed by atoms with Gasteiger partial charge in [0.15, 0.2) is 0 Å². The highest BCUT2D eigenvalue weighted by atomic mass is 32.2. The third-order valence-electron chi connectivity index (χ3n) is 4.82. The molecule has 1 aromatic carbocycles. The van der Waals surface area contributed by atoms with E-state index in [2.05, 4.69) is 10.2 Å². The fourth-order valence-corrected chi connectivity index (χ4v) is 6.41. The van der Waals surface area contributed by atoms with Crippen molar-refractivity contribution in [3.63, 3.8) is 0 Å². The molecule has 2 aliphatic rings. The number of sulfonamides is 1. The summed E-state index contributed by atoms with van der Waals surface area (Å²) >= 11 is 1.18. The maximum atomic E-state index is 13.2. The average Bonchev–Trinajstić information content (AvgIpc) is 3.05. The summed E-state index contributed by atoms with van der Waals surface area (Å²) in [5, 5.41) is 8.15. The van der Waals surface area contributed by atoms with Gasteiger partial charge in [0.2, 0.25) is 5.89 Å². The van der Waals surface area contributed by atoms with Crippen LogP contribution in [0.1, 0.15) is 37.1 Å². The van der Waals surface area contributed by atoms with E-state index in [1.54, 1.807) is 12.1 Å². The number of hydrogen-bond acceptors (Lipinski definition) is 6. The minimum atomic E-state index is -3.62. The van der Waals surface area contributed by atoms with E-state index in [0.717, 1.165) is 30.5 Å². The van der Waals surface area contributed by atoms with Gasteiger partial charge in [-0.15, -0.1) is 21.5 Å². The third kappa shape index (κ3) is 2.47. The molecule has 1 aliphatic carbocycles. The number of hydrogen-bond donors (Lipinski definition) is 0. The first kappa shape index (κ1) is 16.0. The predicted octanol–water partition coefficient (Wildman–Crippen LogP) is 3.82. The lowest BCUT2D eigenvalue weighted by atomic mass is 10.1. The fourth-order valence-electron chi connectivity index (χ4n) is 3.40. The van der Waals surface area contributed by atoms with Crippen LogP contribution in [0.25, 0.3) is 10.8 Å². The molecule has 3 aromatic rings. The second-order valence-corrected chi connectivity index (χ2v) is 9.95. The van der Waals surface area contributed by atoms with Crippen LogP contribution in [0.15, 0.2) is 45.0 Å². The van der Waals surface area contributed by atoms with Crippen LogP contribution in [0.3, 0.4) is 0 Å². The lowest BCUT2D eigenvalue weighted by Gasteiger charge is -2.23. The molecule has 0 N–H and O–H groups in total. The molecule has 0 spiro atoms. The van der Waals surface area contributed by atoms with E-state index in [1.807, 2.05) is 31.2 Å². The van der Waals surface area contributed by atoms with E-state index < -0.39 is 10.0 Å². The normalized spacial score (nSPS) is 19.7. The van der Waals surface area contributed by atoms with Gasteiger partial charge in [0.1, 0.15) is 4.21 Å². The van der Waals surface area contributed by atoms with Gasteiger partial charge in [-0.1, -0.05) is 18.2 Å². The molecular formula is C18H17N3O3S2. The van der Waals surface area contributed by atoms with Crippen molar-refractivity contribution >= 4 is 27.0 Å². The minimum absolute atomic E-state index is 0.104. The Hall–Kier alpha value is -2.19. The minimum Gasteiger partial charge on any atom is -0.420 e. The van der Waals surface area contributed by atoms with Crippen molar-refractivity contribution in [3.8, 4) is 10.8 Å². The Balaban J connectivity index is 1.50. The summed E-state index contributed by atoms with van der Waals surface area (Å²) in [4.78, 5) is 0.683. The molecule has 3 heterocycles. The van der Waals surface area contributed by atoms with Gasteiger partial charge < -0.3 is 4.42 Å². The Morgan fingerprint density at radius 2 is 1.96 bits per heavy atom. The predicted molar refractivity (Wildman–Crippen MR) is 98.9 cm³/mol. The zero-order chi connectivity index (χ0) is 17.9. The highest BCUT2D eigenvalue weighted by Crippen LogP contribution is 2.42. The molecule has 1 fully saturated rings. The van der Waals surface area contributed by atoms with Gasteiger partial charge in [0, 0.05) is 12.0 Å². The number of nitrogens with zero attached hydrogens (tertiary/aromatic N) is 3. The number of fused-ring (bicyclic) bond motifs is 1. The van der Waals surface area contributed by atoms with Crippen molar-refractivity contribution in [2.75, 3.05) is 4.31 Å². The summed E-state index contributed by atoms with van der Waals surface area (Å²) in [6, 6.07) is 10.9. The Labute approximate surface area is 155 Å². The molecular weight excluding hydrogens is 370 g/mol. The van der Waals surface area contributed by atoms with Crippen molar-refractivity contribution in [2.24, 2.45) is 0 Å². The summed E-state index contributed by atoms with van der Waals surface area (Å²) in [5.74, 6) is 1.43. The van der Waals surface area contributed by atoms with E-state index in [4.69, 9.17) is 4.42 Å². The Morgan fingerprint density at radius 3 is 2.77 bits per heavy atom. The third-order valence-corrected chi connectivity index (χ3v) is 8.29. The highest BCUT2D eigenvalue weighted by Gasteiger charge is 2.37. The van der Waals surface area contributed by atoms with Gasteiger partial charge in [0.25, 0.3) is 15.9 Å². The van der Waals surface area contributed by atoms with Gasteiger partial charge in [0.05, 0.1) is 10.6 Å². The topological polar surface area (TPSA) is 76.3 Å². The molecule has 134 valence electrons. The van der Waals surface area contributed by atoms with Crippen LogP contribution >= 0.6 is 11.3 Å². The molecule has 1 saturated carbocycles. The molecule has 0 amide bonds. The molecule has 5 rings (SSSR count). The molecule has 6 nitrogen and oxygen atoms in total. The zero-order valence-corrected chi connectivity index (χ0v) is 15.8. The highest BCUT2D eigenvalue weighted by molar-refractivity contribution is 7.94. The van der Waals surface area contributed by atoms with Gasteiger partial charge in [-0.05, 0) is 49.9 Å². The molecule has 0 saturated heterocycles. The van der Waals surface area contributed by atoms with E-state index in [0.29, 0.717) is 26.8 Å². The van der Waals surface area contributed by atoms with Crippen LogP contribution < -0.4 is 4.31 Å². The zero-order valence-electron chi connectivity index (χ0n) is 14.1. The van der Waals surface area contributed by atoms with E-state index in [1.165, 1.54) is 15.6 Å². The summed E-state index contributed by atoms with van der Waals surface area (Å²) in [6.45, 7) is 1.94. The first-order valence-corrected chi connectivity index (χ1v) is 10.9. The van der Waals surface area contributed by atoms with Gasteiger partial charge >= 0.3 is 0 Å². The van der Waals surface area contributed by atoms with E-state index >= 15 is 0 Å². The smallest absolute Gasteiger partial charge is 0.274 e. The number of anilines is 1. The second kappa shape index (κ2) is 5.65. The Bertz CT molecular complexity index is 1080. The SMILES string of the molecule is CC1Cc2ccccc2N1S(=O)(=O)c1ccc(-c2nnc(C3CC3)o2)s1. The Kier molecular flexibility index (Phi) is 3.48. The first-order chi connectivity index (χ1) is 12.5. The molecule has 1 unspecified atom stereocenters. The van der Waals surface area contributed by atoms with Crippen molar-refractivity contribution in [2.45, 2.75) is 42.4 Å². The number of aromatic nitrogens is 2. The Morgan fingerprint density at radius 1 is 1.15 bits per heavy atom. The second-order valence-electron chi connectivity index (χ2n) is 6.82. The standard InChI is InChI=1S/C18H17N3O3S2/c1-11-10-13-4-2-3-5-14(13)21(11)26(22,23)16-9-8-15(25-16)18-20-19-17(24-18)12-6-7-12/h2-5,8-9,11-12H,6-7,10H2,1H3. The van der Waals surface area contributed by atoms with Gasteiger partial charge in [-0.2, -0.15) is 0 Å². The van der Waals surface area contributed by atoms with Crippen LogP contribution in [0.5, 0.6) is 0 Å². The fraction of sp³-hybridized carbons (Fsp3) is 0.333. The van der Waals surface area contributed by atoms with Gasteiger partial charge in [-0.3, -0.25) is 4.31 Å². The van der Waals surface area contributed by atoms with Crippen LogP contribution in [-0.2, 0) is 16.4 Å². The maximum Gasteiger partial charge on any atom is 0.274 e. The summed E-state index contributed by atoms with van der Waals surface area (Å²) < 4.78 is 34.0. The monoisotopic (exact) mass is 387 g/mol. The van der Waals surface area contributed by atoms with Crippen LogP contribution in [0.2, 0.25) is 0 Å². The number of thiophene rings is 1. The molecule has 1 atom stereocenters. The molecule has 0 radical (unpaired) electrons. The summed E-state index contributed by atoms with van der Waals surface area (Å²) in [5.41, 5.74) is 1.83. The molecule has 2 aromatic heterocycles. The van der Waals surface area contributed by atoms with Crippen LogP contribution in [0, 0.1) is 0 Å². The average molecular weight is 387 g/mol. The van der Waals surface area contributed by atoms with E-state index in [9.17, 15) is 8.42 Å². The van der Waals surface area contributed by atoms with Crippen molar-refractivity contribution in [3.05, 3.63) is 47.9 Å². The van der Waals surface area contributed by atoms with E-state index in [-0.39, 0.29) is 6.04 Å². The maximum absolute atomic E-state index is 13.2. The largest absolute Gasteiger partial charge is 0.420 e. The van der Waals surface area contributed by atoms with Crippen LogP contribution in [0.4, 0.5) is 5.69 Å². The molecule has 8 heteroatoms. The molecule has 0 bridgehead atoms. The molecule has 26 heavy (non-hydrogen) atoms. The van der Waals surface area contributed by atoms with Crippen LogP contribution in [-0.4, -0.2) is 24.7 Å². The first-order valence-electron chi connectivity index (χ1n) is 8.60. The number of benzene rings is 1. The summed E-state index contributed by atoms with van der Waals surface area (Å²) in [7, 11) is -3.62. The number of rotatable bonds is 4. The van der Waals surface area contributed by atoms with Crippen molar-refractivity contribution in [1.29, 1.82) is 0 Å². The lowest BCUT2D eigenvalue weighted by molar-refractivity contribution is 0.509. The van der Waals surface area contributed by atoms with Gasteiger partial charge in [-0.25, -0.2) is 8.42 Å². The van der Waals surface area contributed by atoms with Crippen molar-refractivity contribution < 1.29 is 12.8 Å². The lowest BCUT2D eigenvalue weighted by Crippen LogP contribution is -2.35. The number of para-hydroxylation sites is 1. The quantitative estimate of drug-likeness (QED) is 0.680. The summed E-state index contributed by atoms with van der Waals surface area (Å²) in [6.07, 6.45) is 2.89. The molecule has 1 aliphatic heterocycles. The van der Waals surface area contributed by atoms with Crippen molar-refractivity contribution in [1.82, 2.24) is 10.2 Å².